The molecule has 5 amide bonds. The van der Waals surface area contributed by atoms with Crippen molar-refractivity contribution >= 4 is 46.7 Å². The zero-order valence-electron chi connectivity index (χ0n) is 21.5. The zero-order chi connectivity index (χ0) is 28.2. The first-order valence-electron chi connectivity index (χ1n) is 12.6. The highest BCUT2D eigenvalue weighted by Crippen LogP contribution is 2.32. The Hall–Kier alpha value is -4.70. The molecule has 2 heterocycles. The van der Waals surface area contributed by atoms with Crippen LogP contribution < -0.4 is 10.1 Å². The van der Waals surface area contributed by atoms with Crippen molar-refractivity contribution in [1.82, 2.24) is 15.1 Å². The Kier molecular flexibility index (Phi) is 7.79. The van der Waals surface area contributed by atoms with Gasteiger partial charge in [0.2, 0.25) is 5.91 Å². The quantitative estimate of drug-likeness (QED) is 0.316. The number of thioether (sulfide) groups is 1. The first kappa shape index (κ1) is 26.9. The van der Waals surface area contributed by atoms with E-state index in [0.717, 1.165) is 32.7 Å². The fourth-order valence-electron chi connectivity index (χ4n) is 4.58. The third kappa shape index (κ3) is 5.39. The number of hydrogen-bond acceptors (Lipinski definition) is 7. The second-order valence-corrected chi connectivity index (χ2v) is 10.1. The van der Waals surface area contributed by atoms with Crippen LogP contribution in [0.3, 0.4) is 0 Å². The summed E-state index contributed by atoms with van der Waals surface area (Å²) >= 11 is 0.824. The maximum absolute atomic E-state index is 13.4. The second kappa shape index (κ2) is 11.6. The number of rotatable bonds is 9. The summed E-state index contributed by atoms with van der Waals surface area (Å²) in [4.78, 5) is 67.5. The van der Waals surface area contributed by atoms with Gasteiger partial charge in [0, 0.05) is 19.5 Å². The van der Waals surface area contributed by atoms with Crippen molar-refractivity contribution in [2.24, 2.45) is 0 Å². The van der Waals surface area contributed by atoms with Gasteiger partial charge in [0.25, 0.3) is 23.0 Å². The fraction of sp³-hybridized carbons (Fsp3) is 0.167. The number of benzene rings is 3. The van der Waals surface area contributed by atoms with E-state index in [0.29, 0.717) is 5.75 Å². The highest BCUT2D eigenvalue weighted by Gasteiger charge is 2.43. The van der Waals surface area contributed by atoms with Crippen molar-refractivity contribution in [3.8, 4) is 5.75 Å². The lowest BCUT2D eigenvalue weighted by molar-refractivity contribution is -0.126. The van der Waals surface area contributed by atoms with Gasteiger partial charge in [-0.3, -0.25) is 33.8 Å². The predicted molar refractivity (Wildman–Crippen MR) is 150 cm³/mol. The number of ether oxygens (including phenoxy) is 1. The predicted octanol–water partition coefficient (Wildman–Crippen LogP) is 3.76. The smallest absolute Gasteiger partial charge is 0.293 e. The van der Waals surface area contributed by atoms with E-state index >= 15 is 0 Å². The Morgan fingerprint density at radius 1 is 0.875 bits per heavy atom. The summed E-state index contributed by atoms with van der Waals surface area (Å²) in [5.41, 5.74) is 2.01. The molecule has 1 saturated heterocycles. The molecule has 40 heavy (non-hydrogen) atoms. The number of fused-ring (bicyclic) bond motifs is 1. The number of amides is 5. The molecule has 0 bridgehead atoms. The van der Waals surface area contributed by atoms with Gasteiger partial charge in [0.05, 0.1) is 23.1 Å². The Labute approximate surface area is 234 Å². The number of imide groups is 2. The van der Waals surface area contributed by atoms with Crippen molar-refractivity contribution in [2.45, 2.75) is 12.5 Å². The normalized spacial score (nSPS) is 16.5. The highest BCUT2D eigenvalue weighted by atomic mass is 32.2. The van der Waals surface area contributed by atoms with E-state index in [9.17, 15) is 24.0 Å². The molecule has 10 heteroatoms. The summed E-state index contributed by atoms with van der Waals surface area (Å²) < 4.78 is 5.14. The van der Waals surface area contributed by atoms with Crippen LogP contribution >= 0.6 is 11.8 Å². The zero-order valence-corrected chi connectivity index (χ0v) is 22.4. The van der Waals surface area contributed by atoms with Crippen LogP contribution in [-0.2, 0) is 16.0 Å². The standard InChI is InChI=1S/C30H25N3O6S/c1-39-21-13-11-20(12-14-21)18-25-29(37)32(30(38)40-25)16-15-31-26(34)24(17-19-7-3-2-4-8-19)33-27(35)22-9-5-6-10-23(22)28(33)36/h2-14,18,24H,15-17H2,1H3,(H,31,34). The average Bonchev–Trinajstić information content (AvgIpc) is 3.39. The Morgan fingerprint density at radius 3 is 2.12 bits per heavy atom. The molecule has 1 unspecified atom stereocenters. The first-order chi connectivity index (χ1) is 19.4. The molecule has 9 nitrogen and oxygen atoms in total. The van der Waals surface area contributed by atoms with Crippen LogP contribution in [0.15, 0.2) is 83.8 Å². The van der Waals surface area contributed by atoms with E-state index in [1.807, 2.05) is 30.3 Å². The summed E-state index contributed by atoms with van der Waals surface area (Å²) in [6.45, 7) is -0.0995. The van der Waals surface area contributed by atoms with Crippen molar-refractivity contribution < 1.29 is 28.7 Å². The van der Waals surface area contributed by atoms with Crippen molar-refractivity contribution in [1.29, 1.82) is 0 Å². The molecule has 1 N–H and O–H groups in total. The van der Waals surface area contributed by atoms with Gasteiger partial charge in [0.1, 0.15) is 11.8 Å². The molecule has 5 rings (SSSR count). The lowest BCUT2D eigenvalue weighted by Crippen LogP contribution is -2.51. The van der Waals surface area contributed by atoms with Gasteiger partial charge in [-0.2, -0.15) is 0 Å². The molecule has 2 aliphatic heterocycles. The maximum atomic E-state index is 13.4. The summed E-state index contributed by atoms with van der Waals surface area (Å²) in [5, 5.41) is 2.27. The van der Waals surface area contributed by atoms with Gasteiger partial charge in [-0.15, -0.1) is 0 Å². The lowest BCUT2D eigenvalue weighted by atomic mass is 10.0. The van der Waals surface area contributed by atoms with Gasteiger partial charge in [0.15, 0.2) is 0 Å². The third-order valence-corrected chi connectivity index (χ3v) is 7.54. The molecular formula is C30H25N3O6S. The Bertz CT molecular complexity index is 1480. The third-order valence-electron chi connectivity index (χ3n) is 6.63. The van der Waals surface area contributed by atoms with Crippen LogP contribution in [0.2, 0.25) is 0 Å². The molecule has 3 aromatic carbocycles. The summed E-state index contributed by atoms with van der Waals surface area (Å²) in [5.74, 6) is -1.41. The monoisotopic (exact) mass is 555 g/mol. The summed E-state index contributed by atoms with van der Waals surface area (Å²) in [6.07, 6.45) is 1.74. The highest BCUT2D eigenvalue weighted by molar-refractivity contribution is 8.18. The maximum Gasteiger partial charge on any atom is 0.293 e. The summed E-state index contributed by atoms with van der Waals surface area (Å²) in [7, 11) is 1.56. The van der Waals surface area contributed by atoms with Crippen molar-refractivity contribution in [3.05, 3.63) is 106 Å². The van der Waals surface area contributed by atoms with E-state index in [1.165, 1.54) is 0 Å². The van der Waals surface area contributed by atoms with Crippen LogP contribution in [0.25, 0.3) is 6.08 Å². The second-order valence-electron chi connectivity index (χ2n) is 9.13. The molecule has 0 spiro atoms. The van der Waals surface area contributed by atoms with E-state index < -0.39 is 34.9 Å². The average molecular weight is 556 g/mol. The lowest BCUT2D eigenvalue weighted by Gasteiger charge is -2.26. The van der Waals surface area contributed by atoms with Gasteiger partial charge in [-0.25, -0.2) is 0 Å². The van der Waals surface area contributed by atoms with Gasteiger partial charge in [-0.05, 0) is 53.2 Å². The molecule has 0 aliphatic carbocycles. The number of nitrogens with zero attached hydrogens (tertiary/aromatic N) is 2. The van der Waals surface area contributed by atoms with E-state index in [2.05, 4.69) is 5.32 Å². The SMILES string of the molecule is COc1ccc(C=C2SC(=O)N(CCNC(=O)C(Cc3ccccc3)N3C(=O)c4ccccc4C3=O)C2=O)cc1. The van der Waals surface area contributed by atoms with Gasteiger partial charge >= 0.3 is 0 Å². The molecule has 0 radical (unpaired) electrons. The van der Waals surface area contributed by atoms with E-state index in [-0.39, 0.29) is 35.5 Å². The minimum absolute atomic E-state index is 0.0405. The van der Waals surface area contributed by atoms with Crippen LogP contribution in [-0.4, -0.2) is 64.9 Å². The van der Waals surface area contributed by atoms with Gasteiger partial charge < -0.3 is 10.1 Å². The van der Waals surface area contributed by atoms with Gasteiger partial charge in [-0.1, -0.05) is 54.6 Å². The van der Waals surface area contributed by atoms with Crippen LogP contribution in [0.5, 0.6) is 5.75 Å². The van der Waals surface area contributed by atoms with Crippen LogP contribution in [0.1, 0.15) is 31.8 Å². The molecule has 1 fully saturated rings. The molecular weight excluding hydrogens is 530 g/mol. The topological polar surface area (TPSA) is 113 Å². The molecule has 202 valence electrons. The molecule has 0 aromatic heterocycles. The molecule has 2 aliphatic rings. The van der Waals surface area contributed by atoms with Crippen LogP contribution in [0.4, 0.5) is 4.79 Å². The molecule has 3 aromatic rings. The number of nitrogens with one attached hydrogen (secondary N) is 1. The Balaban J connectivity index is 1.27. The first-order valence-corrected chi connectivity index (χ1v) is 13.4. The molecule has 1 atom stereocenters. The van der Waals surface area contributed by atoms with E-state index in [1.54, 1.807) is 61.7 Å². The number of hydrogen-bond donors (Lipinski definition) is 1. The van der Waals surface area contributed by atoms with Crippen molar-refractivity contribution in [3.63, 3.8) is 0 Å². The summed E-state index contributed by atoms with van der Waals surface area (Å²) in [6, 6.07) is 21.5. The number of carbonyl (C=O) groups excluding carboxylic acids is 5. The Morgan fingerprint density at radius 2 is 1.50 bits per heavy atom. The fourth-order valence-corrected chi connectivity index (χ4v) is 5.45. The minimum atomic E-state index is -1.11. The van der Waals surface area contributed by atoms with Crippen molar-refractivity contribution in [2.75, 3.05) is 20.2 Å². The molecule has 0 saturated carbocycles. The van der Waals surface area contributed by atoms with E-state index in [4.69, 9.17) is 4.74 Å². The largest absolute Gasteiger partial charge is 0.497 e. The van der Waals surface area contributed by atoms with Crippen LogP contribution in [0, 0.1) is 0 Å². The number of methoxy groups -OCH3 is 1. The number of carbonyl (C=O) groups is 5. The minimum Gasteiger partial charge on any atom is -0.497 e.